The van der Waals surface area contributed by atoms with Gasteiger partial charge in [0.1, 0.15) is 0 Å². The predicted molar refractivity (Wildman–Crippen MR) is 158 cm³/mol. The first-order valence-electron chi connectivity index (χ1n) is 15.1. The summed E-state index contributed by atoms with van der Waals surface area (Å²) in [5.41, 5.74) is 1.35. The molecule has 0 unspecified atom stereocenters. The number of nitrogens with zero attached hydrogens (tertiary/aromatic N) is 4. The van der Waals surface area contributed by atoms with Crippen LogP contribution in [0.1, 0.15) is 54.3 Å². The van der Waals surface area contributed by atoms with Gasteiger partial charge < -0.3 is 24.0 Å². The molecule has 0 aromatic heterocycles. The summed E-state index contributed by atoms with van der Waals surface area (Å²) in [6.07, 6.45) is -0.0755. The molecule has 0 saturated carbocycles. The molecule has 13 nitrogen and oxygen atoms in total. The molecule has 0 N–H and O–H groups in total. The Labute approximate surface area is 260 Å². The zero-order chi connectivity index (χ0) is 31.8. The molecular weight excluding hydrogens is 584 g/mol. The van der Waals surface area contributed by atoms with Crippen LogP contribution in [0.2, 0.25) is 0 Å². The molecule has 3 heterocycles. The third kappa shape index (κ3) is 7.44. The smallest absolute Gasteiger partial charge is 0.261 e. The maximum absolute atomic E-state index is 13.1. The van der Waals surface area contributed by atoms with Crippen LogP contribution >= 0.6 is 0 Å². The number of hydrogen-bond acceptors (Lipinski definition) is 9. The number of benzene rings is 2. The van der Waals surface area contributed by atoms with Crippen LogP contribution in [0.5, 0.6) is 0 Å². The number of fused-ring (bicyclic) bond motifs is 2. The number of ether oxygens (including phenoxy) is 3. The van der Waals surface area contributed by atoms with Gasteiger partial charge in [-0.2, -0.15) is 0 Å². The Balaban J connectivity index is 1.10. The second-order valence-corrected chi connectivity index (χ2v) is 10.7. The summed E-state index contributed by atoms with van der Waals surface area (Å²) in [5, 5.41) is 0. The van der Waals surface area contributed by atoms with Crippen LogP contribution in [0.3, 0.4) is 0 Å². The van der Waals surface area contributed by atoms with E-state index in [1.54, 1.807) is 58.3 Å². The van der Waals surface area contributed by atoms with E-state index in [1.807, 2.05) is 0 Å². The van der Waals surface area contributed by atoms with Crippen LogP contribution in [0.4, 0.5) is 0 Å². The van der Waals surface area contributed by atoms with E-state index in [4.69, 9.17) is 14.2 Å². The van der Waals surface area contributed by atoms with E-state index >= 15 is 0 Å². The molecule has 3 aliphatic heterocycles. The highest BCUT2D eigenvalue weighted by Crippen LogP contribution is 2.23. The molecule has 0 aliphatic carbocycles. The highest BCUT2D eigenvalue weighted by atomic mass is 16.5. The topological polar surface area (TPSA) is 143 Å². The molecule has 1 fully saturated rings. The number of hydrogen-bond donors (Lipinski definition) is 0. The summed E-state index contributed by atoms with van der Waals surface area (Å²) in [5.74, 6) is -2.12. The lowest BCUT2D eigenvalue weighted by atomic mass is 10.1. The Bertz CT molecular complexity index is 1280. The minimum atomic E-state index is -0.407. The number of rotatable bonds is 6. The van der Waals surface area contributed by atoms with Crippen LogP contribution < -0.4 is 0 Å². The quantitative estimate of drug-likeness (QED) is 0.434. The number of carbonyl (C=O) groups excluding carboxylic acids is 6. The summed E-state index contributed by atoms with van der Waals surface area (Å²) in [4.78, 5) is 82.2. The van der Waals surface area contributed by atoms with E-state index in [9.17, 15) is 28.8 Å². The third-order valence-electron chi connectivity index (χ3n) is 7.95. The van der Waals surface area contributed by atoms with Gasteiger partial charge >= 0.3 is 0 Å². The summed E-state index contributed by atoms with van der Waals surface area (Å²) in [6.45, 7) is 2.57. The number of carbonyl (C=O) groups is 6. The van der Waals surface area contributed by atoms with Crippen LogP contribution in [0, 0.1) is 0 Å². The van der Waals surface area contributed by atoms with Gasteiger partial charge in [0.25, 0.3) is 23.6 Å². The Morgan fingerprint density at radius 2 is 0.778 bits per heavy atom. The first kappa shape index (κ1) is 31.9. The van der Waals surface area contributed by atoms with Gasteiger partial charge in [-0.1, -0.05) is 24.3 Å². The molecule has 2 aromatic carbocycles. The zero-order valence-corrected chi connectivity index (χ0v) is 25.0. The van der Waals surface area contributed by atoms with Gasteiger partial charge in [0.15, 0.2) is 0 Å². The standard InChI is InChI=1S/C32H36N4O9/c37-27(9-11-35-29(39)23-5-1-2-6-24(23)30(35)40)33-13-17-43-18-14-34(16-20-45-22-21-44-19-15-33)28(38)10-12-36-31(41)25-7-3-4-8-26(25)32(36)42/h1-8H,9-22H2. The lowest BCUT2D eigenvalue weighted by Gasteiger charge is -2.25. The van der Waals surface area contributed by atoms with E-state index < -0.39 is 23.6 Å². The van der Waals surface area contributed by atoms with Crippen molar-refractivity contribution in [1.82, 2.24) is 19.6 Å². The Morgan fingerprint density at radius 3 is 1.09 bits per heavy atom. The molecule has 0 spiro atoms. The molecule has 0 radical (unpaired) electrons. The van der Waals surface area contributed by atoms with Crippen molar-refractivity contribution in [2.75, 3.05) is 78.9 Å². The Morgan fingerprint density at radius 1 is 0.489 bits per heavy atom. The maximum atomic E-state index is 13.1. The summed E-state index contributed by atoms with van der Waals surface area (Å²) < 4.78 is 17.0. The molecule has 45 heavy (non-hydrogen) atoms. The van der Waals surface area contributed by atoms with Crippen molar-refractivity contribution in [2.45, 2.75) is 12.8 Å². The van der Waals surface area contributed by atoms with Gasteiger partial charge in [0, 0.05) is 52.1 Å². The number of amides is 6. The van der Waals surface area contributed by atoms with E-state index in [1.165, 1.54) is 0 Å². The SMILES string of the molecule is O=C(CCN1C(=O)c2ccccc2C1=O)N1CCOCCOCCN(C(=O)CCN2C(=O)c3ccccc3C2=O)CCOCC1. The molecule has 0 atom stereocenters. The van der Waals surface area contributed by atoms with Gasteiger partial charge in [0.2, 0.25) is 11.8 Å². The van der Waals surface area contributed by atoms with Crippen LogP contribution in [0.15, 0.2) is 48.5 Å². The molecular formula is C32H36N4O9. The lowest BCUT2D eigenvalue weighted by molar-refractivity contribution is -0.133. The second-order valence-electron chi connectivity index (χ2n) is 10.7. The van der Waals surface area contributed by atoms with E-state index in [-0.39, 0.29) is 77.3 Å². The predicted octanol–water partition coefficient (Wildman–Crippen LogP) is 1.08. The van der Waals surface area contributed by atoms with Gasteiger partial charge in [-0.15, -0.1) is 0 Å². The second kappa shape index (κ2) is 15.0. The van der Waals surface area contributed by atoms with Crippen molar-refractivity contribution in [3.8, 4) is 0 Å². The molecule has 2 aromatic rings. The fourth-order valence-corrected chi connectivity index (χ4v) is 5.46. The van der Waals surface area contributed by atoms with E-state index in [0.717, 1.165) is 9.80 Å². The molecule has 13 heteroatoms. The van der Waals surface area contributed by atoms with Gasteiger partial charge in [-0.05, 0) is 24.3 Å². The molecule has 3 aliphatic rings. The zero-order valence-electron chi connectivity index (χ0n) is 25.0. The summed E-state index contributed by atoms with van der Waals surface area (Å²) >= 11 is 0. The minimum absolute atomic E-state index is 0.0327. The first-order chi connectivity index (χ1) is 21.9. The van der Waals surface area contributed by atoms with E-state index in [0.29, 0.717) is 48.6 Å². The summed E-state index contributed by atoms with van der Waals surface area (Å²) in [7, 11) is 0. The van der Waals surface area contributed by atoms with Crippen molar-refractivity contribution in [2.24, 2.45) is 0 Å². The largest absolute Gasteiger partial charge is 0.378 e. The van der Waals surface area contributed by atoms with Gasteiger partial charge in [0.05, 0.1) is 61.9 Å². The molecule has 6 amide bonds. The first-order valence-corrected chi connectivity index (χ1v) is 15.1. The fraction of sp³-hybridized carbons (Fsp3) is 0.438. The average Bonchev–Trinajstić information content (AvgIpc) is 3.44. The number of imide groups is 2. The van der Waals surface area contributed by atoms with Crippen LogP contribution in [-0.2, 0) is 23.8 Å². The normalized spacial score (nSPS) is 18.5. The van der Waals surface area contributed by atoms with Crippen molar-refractivity contribution in [3.05, 3.63) is 70.8 Å². The van der Waals surface area contributed by atoms with Crippen LogP contribution in [0.25, 0.3) is 0 Å². The summed E-state index contributed by atoms with van der Waals surface area (Å²) in [6, 6.07) is 13.2. The maximum Gasteiger partial charge on any atom is 0.261 e. The Kier molecular flexibility index (Phi) is 10.7. The van der Waals surface area contributed by atoms with Crippen molar-refractivity contribution in [1.29, 1.82) is 0 Å². The third-order valence-corrected chi connectivity index (χ3v) is 7.95. The van der Waals surface area contributed by atoms with Gasteiger partial charge in [-0.25, -0.2) is 0 Å². The average molecular weight is 621 g/mol. The molecule has 0 bridgehead atoms. The highest BCUT2D eigenvalue weighted by molar-refractivity contribution is 6.22. The van der Waals surface area contributed by atoms with Crippen molar-refractivity contribution >= 4 is 35.4 Å². The fourth-order valence-electron chi connectivity index (χ4n) is 5.46. The van der Waals surface area contributed by atoms with Crippen molar-refractivity contribution < 1.29 is 43.0 Å². The van der Waals surface area contributed by atoms with Crippen LogP contribution in [-0.4, -0.2) is 134 Å². The lowest BCUT2D eigenvalue weighted by Crippen LogP contribution is -2.41. The van der Waals surface area contributed by atoms with Crippen molar-refractivity contribution in [3.63, 3.8) is 0 Å². The highest BCUT2D eigenvalue weighted by Gasteiger charge is 2.36. The molecule has 5 rings (SSSR count). The van der Waals surface area contributed by atoms with E-state index in [2.05, 4.69) is 0 Å². The molecule has 1 saturated heterocycles. The van der Waals surface area contributed by atoms with Gasteiger partial charge in [-0.3, -0.25) is 38.6 Å². The molecule has 238 valence electrons. The monoisotopic (exact) mass is 620 g/mol. The Hall–Kier alpha value is -4.46. The minimum Gasteiger partial charge on any atom is -0.378 e.